The van der Waals surface area contributed by atoms with Gasteiger partial charge in [0.15, 0.2) is 0 Å². The van der Waals surface area contributed by atoms with Gasteiger partial charge in [-0.25, -0.2) is 0 Å². The Morgan fingerprint density at radius 2 is 2.21 bits per heavy atom. The van der Waals surface area contributed by atoms with Gasteiger partial charge in [0.1, 0.15) is 0 Å². The molecule has 19 heavy (non-hydrogen) atoms. The first kappa shape index (κ1) is 14.1. The first-order valence-corrected chi connectivity index (χ1v) is 6.80. The third-order valence-corrected chi connectivity index (χ3v) is 3.46. The number of nitrogens with one attached hydrogen (secondary N) is 1. The zero-order chi connectivity index (χ0) is 13.5. The Morgan fingerprint density at radius 1 is 1.42 bits per heavy atom. The van der Waals surface area contributed by atoms with E-state index in [2.05, 4.69) is 5.32 Å². The molecule has 1 saturated heterocycles. The third-order valence-electron chi connectivity index (χ3n) is 3.46. The molecule has 0 spiro atoms. The Morgan fingerprint density at radius 3 is 2.95 bits per heavy atom. The van der Waals surface area contributed by atoms with E-state index >= 15 is 0 Å². The fourth-order valence-electron chi connectivity index (χ4n) is 2.21. The van der Waals surface area contributed by atoms with E-state index in [1.54, 1.807) is 17.7 Å². The molecule has 2 heterocycles. The Labute approximate surface area is 113 Å². The molecule has 1 aromatic heterocycles. The number of nitrogens with zero attached hydrogens (tertiary/aromatic N) is 1. The van der Waals surface area contributed by atoms with Crippen molar-refractivity contribution in [3.63, 3.8) is 0 Å². The fraction of sp³-hybridized carbons (Fsp3) is 0.643. The van der Waals surface area contributed by atoms with E-state index in [-0.39, 0.29) is 5.56 Å². The minimum absolute atomic E-state index is 0.00802. The van der Waals surface area contributed by atoms with E-state index in [0.717, 1.165) is 38.3 Å². The van der Waals surface area contributed by atoms with Crippen LogP contribution in [0.1, 0.15) is 12.8 Å². The highest BCUT2D eigenvalue weighted by Gasteiger charge is 2.13. The van der Waals surface area contributed by atoms with Crippen LogP contribution in [0.4, 0.5) is 5.69 Å². The molecule has 0 aliphatic carbocycles. The predicted molar refractivity (Wildman–Crippen MR) is 74.6 cm³/mol. The van der Waals surface area contributed by atoms with Crippen LogP contribution in [0.3, 0.4) is 0 Å². The molecule has 1 aliphatic heterocycles. The quantitative estimate of drug-likeness (QED) is 0.844. The summed E-state index contributed by atoms with van der Waals surface area (Å²) in [5, 5.41) is 3.40. The summed E-state index contributed by atoms with van der Waals surface area (Å²) in [6.07, 6.45) is 4.08. The molecule has 0 unspecified atom stereocenters. The highest BCUT2D eigenvalue weighted by atomic mass is 16.5. The lowest BCUT2D eigenvalue weighted by Crippen LogP contribution is -2.24. The number of rotatable bonds is 6. The Kier molecular flexibility index (Phi) is 5.42. The molecule has 0 aromatic carbocycles. The first-order valence-electron chi connectivity index (χ1n) is 6.80. The molecule has 106 valence electrons. The van der Waals surface area contributed by atoms with Gasteiger partial charge in [0.05, 0.1) is 12.3 Å². The van der Waals surface area contributed by atoms with Crippen molar-refractivity contribution >= 4 is 5.69 Å². The van der Waals surface area contributed by atoms with E-state index < -0.39 is 0 Å². The van der Waals surface area contributed by atoms with Crippen molar-refractivity contribution in [2.45, 2.75) is 19.4 Å². The van der Waals surface area contributed by atoms with Gasteiger partial charge in [-0.1, -0.05) is 0 Å². The van der Waals surface area contributed by atoms with E-state index in [9.17, 15) is 4.79 Å². The number of hydrogen-bond donors (Lipinski definition) is 1. The summed E-state index contributed by atoms with van der Waals surface area (Å²) in [6.45, 7) is 3.79. The van der Waals surface area contributed by atoms with Gasteiger partial charge >= 0.3 is 0 Å². The average molecular weight is 266 g/mol. The van der Waals surface area contributed by atoms with Gasteiger partial charge in [-0.2, -0.15) is 0 Å². The van der Waals surface area contributed by atoms with Crippen molar-refractivity contribution in [3.05, 3.63) is 28.7 Å². The summed E-state index contributed by atoms with van der Waals surface area (Å²) in [6, 6.07) is 3.44. The molecular formula is C14H22N2O3. The van der Waals surface area contributed by atoms with Crippen molar-refractivity contribution < 1.29 is 9.47 Å². The van der Waals surface area contributed by atoms with E-state index in [1.165, 1.54) is 0 Å². The van der Waals surface area contributed by atoms with Crippen LogP contribution in [0.25, 0.3) is 0 Å². The first-order chi connectivity index (χ1) is 9.29. The SMILES string of the molecule is COCCn1cc(NCC2CCOCC2)ccc1=O. The summed E-state index contributed by atoms with van der Waals surface area (Å²) < 4.78 is 12.0. The molecule has 0 amide bonds. The Balaban J connectivity index is 1.90. The van der Waals surface area contributed by atoms with Crippen LogP contribution < -0.4 is 10.9 Å². The largest absolute Gasteiger partial charge is 0.384 e. The van der Waals surface area contributed by atoms with Crippen LogP contribution in [0, 0.1) is 5.92 Å². The molecule has 2 rings (SSSR count). The molecule has 1 aromatic rings. The highest BCUT2D eigenvalue weighted by Crippen LogP contribution is 2.15. The topological polar surface area (TPSA) is 52.5 Å². The van der Waals surface area contributed by atoms with Crippen LogP contribution in [0.2, 0.25) is 0 Å². The number of pyridine rings is 1. The maximum atomic E-state index is 11.6. The lowest BCUT2D eigenvalue weighted by Gasteiger charge is -2.22. The molecule has 1 N–H and O–H groups in total. The highest BCUT2D eigenvalue weighted by molar-refractivity contribution is 5.40. The average Bonchev–Trinajstić information content (AvgIpc) is 2.46. The van der Waals surface area contributed by atoms with Crippen molar-refractivity contribution in [1.82, 2.24) is 4.57 Å². The molecule has 1 aliphatic rings. The maximum Gasteiger partial charge on any atom is 0.250 e. The maximum absolute atomic E-state index is 11.6. The lowest BCUT2D eigenvalue weighted by molar-refractivity contribution is 0.0699. The zero-order valence-corrected chi connectivity index (χ0v) is 11.4. The summed E-state index contributed by atoms with van der Waals surface area (Å²) in [7, 11) is 1.64. The minimum atomic E-state index is 0.00802. The zero-order valence-electron chi connectivity index (χ0n) is 11.4. The van der Waals surface area contributed by atoms with Crippen LogP contribution in [-0.2, 0) is 16.0 Å². The lowest BCUT2D eigenvalue weighted by atomic mass is 10.0. The molecule has 0 bridgehead atoms. The van der Waals surface area contributed by atoms with Gasteiger partial charge in [0.2, 0.25) is 0 Å². The van der Waals surface area contributed by atoms with Crippen molar-refractivity contribution in [2.75, 3.05) is 38.8 Å². The van der Waals surface area contributed by atoms with Crippen molar-refractivity contribution in [2.24, 2.45) is 5.92 Å². The van der Waals surface area contributed by atoms with Crippen LogP contribution >= 0.6 is 0 Å². The number of anilines is 1. The van der Waals surface area contributed by atoms with Gasteiger partial charge in [-0.05, 0) is 24.8 Å². The number of methoxy groups -OCH3 is 1. The number of ether oxygens (including phenoxy) is 2. The molecular weight excluding hydrogens is 244 g/mol. The number of aromatic nitrogens is 1. The van der Waals surface area contributed by atoms with Gasteiger partial charge in [0, 0.05) is 45.7 Å². The molecule has 1 fully saturated rings. The summed E-state index contributed by atoms with van der Waals surface area (Å²) >= 11 is 0. The summed E-state index contributed by atoms with van der Waals surface area (Å²) in [5.74, 6) is 0.660. The van der Waals surface area contributed by atoms with Gasteiger partial charge in [0.25, 0.3) is 5.56 Å². The molecule has 0 radical (unpaired) electrons. The third kappa shape index (κ3) is 4.36. The van der Waals surface area contributed by atoms with Gasteiger partial charge in [-0.15, -0.1) is 0 Å². The van der Waals surface area contributed by atoms with Crippen molar-refractivity contribution in [3.8, 4) is 0 Å². The standard InChI is InChI=1S/C14H22N2O3/c1-18-9-6-16-11-13(2-3-14(16)17)15-10-12-4-7-19-8-5-12/h2-3,11-12,15H,4-10H2,1H3. The second kappa shape index (κ2) is 7.31. The smallest absolute Gasteiger partial charge is 0.250 e. The van der Waals surface area contributed by atoms with E-state index in [1.807, 2.05) is 12.3 Å². The molecule has 5 nitrogen and oxygen atoms in total. The second-order valence-corrected chi connectivity index (χ2v) is 4.88. The van der Waals surface area contributed by atoms with Crippen LogP contribution in [0.5, 0.6) is 0 Å². The van der Waals surface area contributed by atoms with Crippen LogP contribution in [0.15, 0.2) is 23.1 Å². The molecule has 0 saturated carbocycles. The summed E-state index contributed by atoms with van der Waals surface area (Å²) in [4.78, 5) is 11.6. The monoisotopic (exact) mass is 266 g/mol. The van der Waals surface area contributed by atoms with Gasteiger partial charge in [-0.3, -0.25) is 4.79 Å². The Hall–Kier alpha value is -1.33. The second-order valence-electron chi connectivity index (χ2n) is 4.88. The molecule has 5 heteroatoms. The minimum Gasteiger partial charge on any atom is -0.384 e. The van der Waals surface area contributed by atoms with E-state index in [4.69, 9.17) is 9.47 Å². The van der Waals surface area contributed by atoms with E-state index in [0.29, 0.717) is 19.1 Å². The fourth-order valence-corrected chi connectivity index (χ4v) is 2.21. The number of hydrogen-bond acceptors (Lipinski definition) is 4. The normalized spacial score (nSPS) is 16.5. The summed E-state index contributed by atoms with van der Waals surface area (Å²) in [5.41, 5.74) is 0.996. The molecule has 0 atom stereocenters. The van der Waals surface area contributed by atoms with Crippen LogP contribution in [-0.4, -0.2) is 38.0 Å². The van der Waals surface area contributed by atoms with Gasteiger partial charge < -0.3 is 19.4 Å². The van der Waals surface area contributed by atoms with Crippen molar-refractivity contribution in [1.29, 1.82) is 0 Å². The predicted octanol–water partition coefficient (Wildman–Crippen LogP) is 1.33. The Bertz CT molecular complexity index is 439.